The first-order valence-corrected chi connectivity index (χ1v) is 9.54. The van der Waals surface area contributed by atoms with Crippen molar-refractivity contribution in [2.24, 2.45) is 5.92 Å². The van der Waals surface area contributed by atoms with Gasteiger partial charge in [0, 0.05) is 25.2 Å². The predicted molar refractivity (Wildman–Crippen MR) is 101 cm³/mol. The molecule has 156 valence electrons. The summed E-state index contributed by atoms with van der Waals surface area (Å²) in [6.45, 7) is 3.01. The molecule has 2 heterocycles. The first-order valence-electron chi connectivity index (χ1n) is 9.54. The van der Waals surface area contributed by atoms with Crippen molar-refractivity contribution >= 4 is 17.5 Å². The number of amides is 2. The van der Waals surface area contributed by atoms with Gasteiger partial charge in [-0.3, -0.25) is 9.59 Å². The maximum absolute atomic E-state index is 12.6. The third-order valence-corrected chi connectivity index (χ3v) is 5.17. The fraction of sp³-hybridized carbons (Fsp3) is 0.429. The highest BCUT2D eigenvalue weighted by molar-refractivity contribution is 5.95. The standard InChI is InChI=1S/C21H23F3N2O3/c1-14-18(10-12-29-14)20(28)26-11-2-3-15(13-26)4-9-19(27)25-17-7-5-16(6-8-17)21(22,23)24/h5-8,10,12,15H,2-4,9,11,13H2,1H3,(H,25,27)/t15-/m1/s1. The Morgan fingerprint density at radius 1 is 1.21 bits per heavy atom. The van der Waals surface area contributed by atoms with Crippen LogP contribution in [-0.2, 0) is 11.0 Å². The average Bonchev–Trinajstić information content (AvgIpc) is 3.11. The number of hydrogen-bond donors (Lipinski definition) is 1. The van der Waals surface area contributed by atoms with Crippen molar-refractivity contribution in [1.82, 2.24) is 4.90 Å². The first kappa shape index (κ1) is 21.0. The van der Waals surface area contributed by atoms with Gasteiger partial charge in [-0.1, -0.05) is 0 Å². The molecule has 0 spiro atoms. The van der Waals surface area contributed by atoms with Crippen molar-refractivity contribution in [2.45, 2.75) is 38.8 Å². The van der Waals surface area contributed by atoms with E-state index in [0.717, 1.165) is 25.0 Å². The largest absolute Gasteiger partial charge is 0.469 e. The van der Waals surface area contributed by atoms with Gasteiger partial charge in [-0.2, -0.15) is 13.2 Å². The number of halogens is 3. The van der Waals surface area contributed by atoms with Crippen molar-refractivity contribution in [3.8, 4) is 0 Å². The van der Waals surface area contributed by atoms with E-state index in [2.05, 4.69) is 5.32 Å². The third-order valence-electron chi connectivity index (χ3n) is 5.17. The van der Waals surface area contributed by atoms with Gasteiger partial charge < -0.3 is 14.6 Å². The van der Waals surface area contributed by atoms with E-state index in [0.29, 0.717) is 36.5 Å². The Balaban J connectivity index is 1.48. The molecule has 1 N–H and O–H groups in total. The lowest BCUT2D eigenvalue weighted by atomic mass is 9.93. The summed E-state index contributed by atoms with van der Waals surface area (Å²) >= 11 is 0. The summed E-state index contributed by atoms with van der Waals surface area (Å²) in [5.41, 5.74) is 0.139. The molecule has 1 aromatic carbocycles. The highest BCUT2D eigenvalue weighted by Gasteiger charge is 2.30. The fourth-order valence-corrected chi connectivity index (χ4v) is 3.56. The van der Waals surface area contributed by atoms with E-state index < -0.39 is 11.7 Å². The molecule has 29 heavy (non-hydrogen) atoms. The molecule has 3 rings (SSSR count). The monoisotopic (exact) mass is 408 g/mol. The molecule has 5 nitrogen and oxygen atoms in total. The van der Waals surface area contributed by atoms with E-state index in [1.54, 1.807) is 17.9 Å². The van der Waals surface area contributed by atoms with Crippen molar-refractivity contribution in [1.29, 1.82) is 0 Å². The van der Waals surface area contributed by atoms with Crippen LogP contribution >= 0.6 is 0 Å². The Bertz CT molecular complexity index is 859. The van der Waals surface area contributed by atoms with E-state index in [1.807, 2.05) is 0 Å². The Hall–Kier alpha value is -2.77. The number of piperidine rings is 1. The molecule has 1 saturated heterocycles. The van der Waals surface area contributed by atoms with E-state index in [-0.39, 0.29) is 24.2 Å². The van der Waals surface area contributed by atoms with Gasteiger partial charge in [0.05, 0.1) is 17.4 Å². The summed E-state index contributed by atoms with van der Waals surface area (Å²) in [6, 6.07) is 6.04. The molecule has 0 radical (unpaired) electrons. The zero-order valence-electron chi connectivity index (χ0n) is 16.1. The second kappa shape index (κ2) is 8.71. The van der Waals surface area contributed by atoms with Crippen molar-refractivity contribution < 1.29 is 27.2 Å². The molecule has 8 heteroatoms. The van der Waals surface area contributed by atoms with E-state index in [4.69, 9.17) is 4.42 Å². The van der Waals surface area contributed by atoms with Gasteiger partial charge in [0.2, 0.25) is 5.91 Å². The number of alkyl halides is 3. The molecule has 1 aliphatic heterocycles. The molecule has 1 atom stereocenters. The summed E-state index contributed by atoms with van der Waals surface area (Å²) < 4.78 is 43.0. The summed E-state index contributed by atoms with van der Waals surface area (Å²) in [4.78, 5) is 26.6. The third kappa shape index (κ3) is 5.40. The number of nitrogens with zero attached hydrogens (tertiary/aromatic N) is 1. The summed E-state index contributed by atoms with van der Waals surface area (Å²) in [5, 5.41) is 2.62. The topological polar surface area (TPSA) is 62.6 Å². The lowest BCUT2D eigenvalue weighted by Gasteiger charge is -2.32. The molecule has 0 unspecified atom stereocenters. The van der Waals surface area contributed by atoms with Crippen LogP contribution in [0, 0.1) is 12.8 Å². The summed E-state index contributed by atoms with van der Waals surface area (Å²) in [5.74, 6) is 0.486. The lowest BCUT2D eigenvalue weighted by molar-refractivity contribution is -0.137. The Labute approximate surface area is 166 Å². The maximum Gasteiger partial charge on any atom is 0.416 e. The average molecular weight is 408 g/mol. The van der Waals surface area contributed by atoms with Crippen LogP contribution in [0.3, 0.4) is 0 Å². The van der Waals surface area contributed by atoms with E-state index >= 15 is 0 Å². The SMILES string of the molecule is Cc1occc1C(=O)N1CCC[C@H](CCC(=O)Nc2ccc(C(F)(F)F)cc2)C1. The quantitative estimate of drug-likeness (QED) is 0.767. The number of carbonyl (C=O) groups excluding carboxylic acids is 2. The number of rotatable bonds is 5. The minimum atomic E-state index is -4.40. The zero-order valence-corrected chi connectivity index (χ0v) is 16.1. The van der Waals surface area contributed by atoms with Crippen LogP contribution in [0.15, 0.2) is 41.0 Å². The first-order chi connectivity index (χ1) is 13.7. The Kier molecular flexibility index (Phi) is 6.30. The van der Waals surface area contributed by atoms with Crippen molar-refractivity contribution in [3.63, 3.8) is 0 Å². The van der Waals surface area contributed by atoms with Crippen LogP contribution in [0.5, 0.6) is 0 Å². The fourth-order valence-electron chi connectivity index (χ4n) is 3.56. The van der Waals surface area contributed by atoms with Crippen LogP contribution in [0.1, 0.15) is 47.4 Å². The van der Waals surface area contributed by atoms with E-state index in [9.17, 15) is 22.8 Å². The number of carbonyl (C=O) groups is 2. The molecular formula is C21H23F3N2O3. The predicted octanol–water partition coefficient (Wildman–Crippen LogP) is 4.88. The zero-order chi connectivity index (χ0) is 21.0. The number of hydrogen-bond acceptors (Lipinski definition) is 3. The van der Waals surface area contributed by atoms with Crippen molar-refractivity contribution in [2.75, 3.05) is 18.4 Å². The highest BCUT2D eigenvalue weighted by atomic mass is 19.4. The van der Waals surface area contributed by atoms with Crippen LogP contribution < -0.4 is 5.32 Å². The van der Waals surface area contributed by atoms with Crippen LogP contribution in [0.2, 0.25) is 0 Å². The molecule has 0 bridgehead atoms. The highest BCUT2D eigenvalue weighted by Crippen LogP contribution is 2.30. The second-order valence-electron chi connectivity index (χ2n) is 7.31. The summed E-state index contributed by atoms with van der Waals surface area (Å²) in [7, 11) is 0. The second-order valence-corrected chi connectivity index (χ2v) is 7.31. The van der Waals surface area contributed by atoms with Gasteiger partial charge in [-0.15, -0.1) is 0 Å². The minimum absolute atomic E-state index is 0.0600. The number of aryl methyl sites for hydroxylation is 1. The molecule has 0 saturated carbocycles. The number of anilines is 1. The van der Waals surface area contributed by atoms with Gasteiger partial charge in [0.15, 0.2) is 0 Å². The Morgan fingerprint density at radius 2 is 1.93 bits per heavy atom. The van der Waals surface area contributed by atoms with Crippen LogP contribution in [-0.4, -0.2) is 29.8 Å². The van der Waals surface area contributed by atoms with Crippen molar-refractivity contribution in [3.05, 3.63) is 53.5 Å². The van der Waals surface area contributed by atoms with Gasteiger partial charge in [0.1, 0.15) is 5.76 Å². The molecular weight excluding hydrogens is 385 g/mol. The minimum Gasteiger partial charge on any atom is -0.469 e. The number of likely N-dealkylation sites (tertiary alicyclic amines) is 1. The summed E-state index contributed by atoms with van der Waals surface area (Å²) in [6.07, 6.45) is -0.244. The van der Waals surface area contributed by atoms with Gasteiger partial charge in [0.25, 0.3) is 5.91 Å². The Morgan fingerprint density at radius 3 is 2.55 bits per heavy atom. The van der Waals surface area contributed by atoms with Crippen LogP contribution in [0.4, 0.5) is 18.9 Å². The van der Waals surface area contributed by atoms with Gasteiger partial charge >= 0.3 is 6.18 Å². The molecule has 1 fully saturated rings. The van der Waals surface area contributed by atoms with Gasteiger partial charge in [-0.25, -0.2) is 0 Å². The number of nitrogens with one attached hydrogen (secondary N) is 1. The lowest BCUT2D eigenvalue weighted by Crippen LogP contribution is -2.40. The molecule has 0 aliphatic carbocycles. The molecule has 1 aliphatic rings. The maximum atomic E-state index is 12.6. The number of furan rings is 1. The smallest absolute Gasteiger partial charge is 0.416 e. The van der Waals surface area contributed by atoms with Gasteiger partial charge in [-0.05, 0) is 62.4 Å². The number of benzene rings is 1. The van der Waals surface area contributed by atoms with E-state index in [1.165, 1.54) is 18.4 Å². The normalized spacial score (nSPS) is 17.2. The molecule has 2 aromatic rings. The van der Waals surface area contributed by atoms with Crippen LogP contribution in [0.25, 0.3) is 0 Å². The molecule has 1 aromatic heterocycles. The molecule has 2 amide bonds.